The third-order valence-corrected chi connectivity index (χ3v) is 3.48. The number of nitrogen functional groups attached to an aromatic ring is 1. The molecule has 19 heavy (non-hydrogen) atoms. The van der Waals surface area contributed by atoms with Gasteiger partial charge >= 0.3 is 0 Å². The lowest BCUT2D eigenvalue weighted by Gasteiger charge is -2.32. The first kappa shape index (κ1) is 13.6. The Hall–Kier alpha value is -1.82. The summed E-state index contributed by atoms with van der Waals surface area (Å²) in [6.45, 7) is 4.88. The van der Waals surface area contributed by atoms with Crippen LogP contribution in [0.4, 0.5) is 5.69 Å². The maximum atomic E-state index is 11.6. The van der Waals surface area contributed by atoms with Crippen LogP contribution in [0, 0.1) is 0 Å². The Bertz CT molecular complexity index is 512. The number of carbonyl (C=O) groups is 1. The fraction of sp³-hybridized carbons (Fsp3) is 0.538. The van der Waals surface area contributed by atoms with Gasteiger partial charge in [0.05, 0.1) is 6.04 Å². The van der Waals surface area contributed by atoms with Gasteiger partial charge in [0.25, 0.3) is 5.56 Å². The lowest BCUT2D eigenvalue weighted by Crippen LogP contribution is -2.54. The highest BCUT2D eigenvalue weighted by Gasteiger charge is 2.24. The predicted molar refractivity (Wildman–Crippen MR) is 73.8 cm³/mol. The molecule has 1 aromatic heterocycles. The summed E-state index contributed by atoms with van der Waals surface area (Å²) in [5, 5.41) is 2.83. The highest BCUT2D eigenvalue weighted by atomic mass is 16.2. The van der Waals surface area contributed by atoms with Gasteiger partial charge in [0.15, 0.2) is 0 Å². The number of rotatable bonds is 4. The molecule has 0 saturated carbocycles. The summed E-state index contributed by atoms with van der Waals surface area (Å²) in [6, 6.07) is 2.99. The van der Waals surface area contributed by atoms with Crippen LogP contribution in [-0.4, -0.2) is 41.1 Å². The zero-order valence-corrected chi connectivity index (χ0v) is 11.1. The van der Waals surface area contributed by atoms with E-state index in [2.05, 4.69) is 10.2 Å². The van der Waals surface area contributed by atoms with E-state index in [0.717, 1.165) is 19.5 Å². The van der Waals surface area contributed by atoms with Crippen molar-refractivity contribution >= 4 is 11.6 Å². The summed E-state index contributed by atoms with van der Waals surface area (Å²) in [4.78, 5) is 25.2. The SMILES string of the molecule is CC1C(=O)NCCN1CCCn1cc(N)ccc1=O. The molecule has 0 bridgehead atoms. The van der Waals surface area contributed by atoms with Gasteiger partial charge in [-0.3, -0.25) is 14.5 Å². The van der Waals surface area contributed by atoms with E-state index in [4.69, 9.17) is 5.73 Å². The Balaban J connectivity index is 1.88. The van der Waals surface area contributed by atoms with Gasteiger partial charge in [-0.15, -0.1) is 0 Å². The van der Waals surface area contributed by atoms with E-state index in [1.54, 1.807) is 16.8 Å². The van der Waals surface area contributed by atoms with Crippen molar-refractivity contribution in [2.45, 2.75) is 25.9 Å². The number of hydrogen-bond donors (Lipinski definition) is 2. The third kappa shape index (κ3) is 3.35. The highest BCUT2D eigenvalue weighted by Crippen LogP contribution is 2.05. The highest BCUT2D eigenvalue weighted by molar-refractivity contribution is 5.81. The average Bonchev–Trinajstić information content (AvgIpc) is 2.38. The molecule has 1 unspecified atom stereocenters. The van der Waals surface area contributed by atoms with Crippen molar-refractivity contribution in [1.29, 1.82) is 0 Å². The van der Waals surface area contributed by atoms with Crippen LogP contribution < -0.4 is 16.6 Å². The van der Waals surface area contributed by atoms with Crippen LogP contribution in [0.2, 0.25) is 0 Å². The minimum Gasteiger partial charge on any atom is -0.398 e. The predicted octanol–water partition coefficient (Wildman–Crippen LogP) is -0.359. The molecule has 1 atom stereocenters. The number of piperazine rings is 1. The Kier molecular flexibility index (Phi) is 4.21. The summed E-state index contributed by atoms with van der Waals surface area (Å²) in [6.07, 6.45) is 2.48. The van der Waals surface area contributed by atoms with E-state index in [9.17, 15) is 9.59 Å². The standard InChI is InChI=1S/C13H20N4O2/c1-10-13(19)15-5-8-16(10)6-2-7-17-9-11(14)3-4-12(17)18/h3-4,9-10H,2,5-8,14H2,1H3,(H,15,19). The molecule has 1 amide bonds. The quantitative estimate of drug-likeness (QED) is 0.778. The zero-order valence-electron chi connectivity index (χ0n) is 11.1. The lowest BCUT2D eigenvalue weighted by atomic mass is 10.2. The van der Waals surface area contributed by atoms with Gasteiger partial charge in [0.2, 0.25) is 5.91 Å². The molecule has 1 fully saturated rings. The van der Waals surface area contributed by atoms with Gasteiger partial charge in [-0.25, -0.2) is 0 Å². The zero-order chi connectivity index (χ0) is 13.8. The number of pyridine rings is 1. The van der Waals surface area contributed by atoms with Crippen molar-refractivity contribution in [2.24, 2.45) is 0 Å². The van der Waals surface area contributed by atoms with Crippen LogP contribution in [-0.2, 0) is 11.3 Å². The van der Waals surface area contributed by atoms with Gasteiger partial charge in [-0.2, -0.15) is 0 Å². The number of hydrogen-bond acceptors (Lipinski definition) is 4. The number of anilines is 1. The largest absolute Gasteiger partial charge is 0.398 e. The van der Waals surface area contributed by atoms with Gasteiger partial charge in [-0.1, -0.05) is 0 Å². The van der Waals surface area contributed by atoms with Crippen LogP contribution in [0.25, 0.3) is 0 Å². The normalized spacial score (nSPS) is 20.3. The topological polar surface area (TPSA) is 80.4 Å². The molecule has 1 saturated heterocycles. The smallest absolute Gasteiger partial charge is 0.250 e. The van der Waals surface area contributed by atoms with E-state index in [0.29, 0.717) is 18.8 Å². The molecule has 104 valence electrons. The number of carbonyl (C=O) groups excluding carboxylic acids is 1. The van der Waals surface area contributed by atoms with Crippen molar-refractivity contribution in [2.75, 3.05) is 25.4 Å². The number of nitrogens with zero attached hydrogens (tertiary/aromatic N) is 2. The summed E-state index contributed by atoms with van der Waals surface area (Å²) in [5.41, 5.74) is 6.20. The van der Waals surface area contributed by atoms with E-state index in [1.807, 2.05) is 6.92 Å². The Labute approximate surface area is 112 Å². The van der Waals surface area contributed by atoms with Crippen LogP contribution in [0.5, 0.6) is 0 Å². The molecule has 0 aliphatic carbocycles. The molecule has 0 spiro atoms. The van der Waals surface area contributed by atoms with Crippen molar-refractivity contribution in [3.63, 3.8) is 0 Å². The van der Waals surface area contributed by atoms with Crippen LogP contribution >= 0.6 is 0 Å². The molecule has 0 aromatic carbocycles. The maximum Gasteiger partial charge on any atom is 0.250 e. The molecular weight excluding hydrogens is 244 g/mol. The molecule has 6 heteroatoms. The molecule has 2 rings (SSSR count). The molecule has 1 aromatic rings. The second-order valence-corrected chi connectivity index (χ2v) is 4.85. The number of aromatic nitrogens is 1. The molecule has 0 radical (unpaired) electrons. The molecule has 2 heterocycles. The fourth-order valence-corrected chi connectivity index (χ4v) is 2.30. The van der Waals surface area contributed by atoms with Crippen LogP contribution in [0.1, 0.15) is 13.3 Å². The van der Waals surface area contributed by atoms with Crippen molar-refractivity contribution in [1.82, 2.24) is 14.8 Å². The van der Waals surface area contributed by atoms with Crippen molar-refractivity contribution < 1.29 is 4.79 Å². The van der Waals surface area contributed by atoms with Crippen LogP contribution in [0.3, 0.4) is 0 Å². The summed E-state index contributed by atoms with van der Waals surface area (Å²) >= 11 is 0. The van der Waals surface area contributed by atoms with E-state index in [-0.39, 0.29) is 17.5 Å². The van der Waals surface area contributed by atoms with Gasteiger partial charge in [0, 0.05) is 44.1 Å². The number of aryl methyl sites for hydroxylation is 1. The molecule has 1 aliphatic rings. The fourth-order valence-electron chi connectivity index (χ4n) is 2.30. The second kappa shape index (κ2) is 5.88. The maximum absolute atomic E-state index is 11.6. The summed E-state index contributed by atoms with van der Waals surface area (Å²) < 4.78 is 1.62. The van der Waals surface area contributed by atoms with Crippen LogP contribution in [0.15, 0.2) is 23.1 Å². The van der Waals surface area contributed by atoms with Crippen molar-refractivity contribution in [3.05, 3.63) is 28.7 Å². The number of nitrogens with one attached hydrogen (secondary N) is 1. The minimum atomic E-state index is -0.0914. The van der Waals surface area contributed by atoms with E-state index in [1.165, 1.54) is 6.07 Å². The molecule has 1 aliphatic heterocycles. The molecular formula is C13H20N4O2. The summed E-state index contributed by atoms with van der Waals surface area (Å²) in [7, 11) is 0. The first-order valence-corrected chi connectivity index (χ1v) is 6.55. The van der Waals surface area contributed by atoms with Gasteiger partial charge in [-0.05, 0) is 19.4 Å². The Morgan fingerprint density at radius 1 is 1.37 bits per heavy atom. The molecule has 6 nitrogen and oxygen atoms in total. The first-order chi connectivity index (χ1) is 9.08. The summed E-state index contributed by atoms with van der Waals surface area (Å²) in [5.74, 6) is 0.0763. The van der Waals surface area contributed by atoms with Crippen molar-refractivity contribution in [3.8, 4) is 0 Å². The third-order valence-electron chi connectivity index (χ3n) is 3.48. The van der Waals surface area contributed by atoms with E-state index >= 15 is 0 Å². The lowest BCUT2D eigenvalue weighted by molar-refractivity contribution is -0.128. The second-order valence-electron chi connectivity index (χ2n) is 4.85. The molecule has 3 N–H and O–H groups in total. The number of nitrogens with two attached hydrogens (primary N) is 1. The van der Waals surface area contributed by atoms with Gasteiger partial charge < -0.3 is 15.6 Å². The van der Waals surface area contributed by atoms with E-state index < -0.39 is 0 Å². The number of amides is 1. The first-order valence-electron chi connectivity index (χ1n) is 6.55. The minimum absolute atomic E-state index is 0.0429. The Morgan fingerprint density at radius 3 is 2.95 bits per heavy atom. The average molecular weight is 264 g/mol. The monoisotopic (exact) mass is 264 g/mol. The van der Waals surface area contributed by atoms with Gasteiger partial charge in [0.1, 0.15) is 0 Å². The Morgan fingerprint density at radius 2 is 2.16 bits per heavy atom.